The fourth-order valence-corrected chi connectivity index (χ4v) is 1.87. The zero-order valence-corrected chi connectivity index (χ0v) is 9.05. The first-order valence-electron chi connectivity index (χ1n) is 4.48. The molecule has 0 radical (unpaired) electrons. The Labute approximate surface area is 89.8 Å². The maximum absolute atomic E-state index is 13.2. The smallest absolute Gasteiger partial charge is 0.138 e. The van der Waals surface area contributed by atoms with E-state index in [1.54, 1.807) is 6.07 Å². The van der Waals surface area contributed by atoms with Crippen LogP contribution >= 0.6 is 15.9 Å². The van der Waals surface area contributed by atoms with Crippen LogP contribution in [0.4, 0.5) is 4.39 Å². The second-order valence-electron chi connectivity index (χ2n) is 3.31. The Bertz CT molecular complexity index is 354. The molecule has 0 saturated carbocycles. The quantitative estimate of drug-likeness (QED) is 0.778. The maximum Gasteiger partial charge on any atom is 0.138 e. The predicted molar refractivity (Wildman–Crippen MR) is 53.8 cm³/mol. The van der Waals surface area contributed by atoms with E-state index in [9.17, 15) is 9.50 Å². The van der Waals surface area contributed by atoms with E-state index in [0.717, 1.165) is 6.42 Å². The molecule has 76 valence electrons. The first-order valence-corrected chi connectivity index (χ1v) is 5.27. The third kappa shape index (κ3) is 1.77. The van der Waals surface area contributed by atoms with E-state index in [-0.39, 0.29) is 5.82 Å². The number of aliphatic hydroxyl groups is 1. The molecule has 0 aromatic heterocycles. The van der Waals surface area contributed by atoms with Gasteiger partial charge in [0, 0.05) is 5.56 Å². The lowest BCUT2D eigenvalue weighted by Gasteiger charge is -2.11. The fourth-order valence-electron chi connectivity index (χ4n) is 1.54. The van der Waals surface area contributed by atoms with Gasteiger partial charge in [-0.05, 0) is 40.9 Å². The highest BCUT2D eigenvalue weighted by atomic mass is 79.9. The molecule has 1 aliphatic heterocycles. The van der Waals surface area contributed by atoms with E-state index in [1.165, 1.54) is 6.07 Å². The van der Waals surface area contributed by atoms with Gasteiger partial charge in [0.25, 0.3) is 0 Å². The van der Waals surface area contributed by atoms with E-state index in [4.69, 9.17) is 4.74 Å². The number of hydrogen-bond donors (Lipinski definition) is 1. The van der Waals surface area contributed by atoms with Gasteiger partial charge in [0.1, 0.15) is 11.6 Å². The normalized spacial score (nSPS) is 20.9. The molecule has 4 heteroatoms. The molecule has 1 aliphatic rings. The van der Waals surface area contributed by atoms with Gasteiger partial charge in [-0.2, -0.15) is 0 Å². The molecule has 0 fully saturated rings. The SMILES string of the molecule is O[C@@H]1CCCOc2cc(Br)c(F)cc21. The van der Waals surface area contributed by atoms with Crippen molar-refractivity contribution in [3.8, 4) is 5.75 Å². The Morgan fingerprint density at radius 1 is 1.50 bits per heavy atom. The van der Waals surface area contributed by atoms with Crippen molar-refractivity contribution in [1.29, 1.82) is 0 Å². The van der Waals surface area contributed by atoms with Gasteiger partial charge in [-0.3, -0.25) is 0 Å². The lowest BCUT2D eigenvalue weighted by atomic mass is 10.1. The van der Waals surface area contributed by atoms with Crippen LogP contribution in [0, 0.1) is 5.82 Å². The Balaban J connectivity index is 2.49. The van der Waals surface area contributed by atoms with Crippen LogP contribution in [-0.4, -0.2) is 11.7 Å². The number of ether oxygens (including phenoxy) is 1. The average molecular weight is 261 g/mol. The summed E-state index contributed by atoms with van der Waals surface area (Å²) in [4.78, 5) is 0. The average Bonchev–Trinajstić information content (AvgIpc) is 2.31. The summed E-state index contributed by atoms with van der Waals surface area (Å²) in [6, 6.07) is 2.90. The second-order valence-corrected chi connectivity index (χ2v) is 4.16. The monoisotopic (exact) mass is 260 g/mol. The molecular weight excluding hydrogens is 251 g/mol. The molecule has 1 heterocycles. The Hall–Kier alpha value is -0.610. The lowest BCUT2D eigenvalue weighted by Crippen LogP contribution is -1.97. The Morgan fingerprint density at radius 2 is 2.29 bits per heavy atom. The largest absolute Gasteiger partial charge is 0.493 e. The van der Waals surface area contributed by atoms with Gasteiger partial charge in [0.2, 0.25) is 0 Å². The standard InChI is InChI=1S/C10H10BrFO2/c11-7-5-10-6(4-8(7)12)9(13)2-1-3-14-10/h4-5,9,13H,1-3H2/t9-/m1/s1. The number of aliphatic hydroxyl groups excluding tert-OH is 1. The Kier molecular flexibility index (Phi) is 2.74. The summed E-state index contributed by atoms with van der Waals surface area (Å²) in [7, 11) is 0. The first-order chi connectivity index (χ1) is 6.68. The van der Waals surface area contributed by atoms with Crippen LogP contribution in [0.2, 0.25) is 0 Å². The molecule has 0 spiro atoms. The van der Waals surface area contributed by atoms with Gasteiger partial charge >= 0.3 is 0 Å². The van der Waals surface area contributed by atoms with E-state index < -0.39 is 6.10 Å². The van der Waals surface area contributed by atoms with Crippen molar-refractivity contribution in [2.75, 3.05) is 6.61 Å². The Morgan fingerprint density at radius 3 is 3.07 bits per heavy atom. The molecule has 1 N–H and O–H groups in total. The minimum absolute atomic E-state index is 0.366. The summed E-state index contributed by atoms with van der Waals surface area (Å²) in [5.74, 6) is 0.205. The third-order valence-electron chi connectivity index (χ3n) is 2.29. The van der Waals surface area contributed by atoms with Crippen molar-refractivity contribution in [2.24, 2.45) is 0 Å². The molecule has 1 atom stereocenters. The lowest BCUT2D eigenvalue weighted by molar-refractivity contribution is 0.167. The van der Waals surface area contributed by atoms with Crippen LogP contribution in [0.5, 0.6) is 5.75 Å². The molecule has 0 amide bonds. The highest BCUT2D eigenvalue weighted by Gasteiger charge is 2.19. The number of rotatable bonds is 0. The minimum atomic E-state index is -0.616. The summed E-state index contributed by atoms with van der Waals surface area (Å²) in [6.45, 7) is 0.572. The number of halogens is 2. The molecule has 2 rings (SSSR count). The molecule has 1 aromatic carbocycles. The van der Waals surface area contributed by atoms with Gasteiger partial charge in [0.05, 0.1) is 17.2 Å². The fraction of sp³-hybridized carbons (Fsp3) is 0.400. The zero-order valence-electron chi connectivity index (χ0n) is 7.46. The molecule has 0 aliphatic carbocycles. The summed E-state index contributed by atoms with van der Waals surface area (Å²) < 4.78 is 19.0. The van der Waals surface area contributed by atoms with Gasteiger partial charge < -0.3 is 9.84 Å². The maximum atomic E-state index is 13.2. The van der Waals surface area contributed by atoms with Crippen molar-refractivity contribution in [1.82, 2.24) is 0 Å². The van der Waals surface area contributed by atoms with Crippen molar-refractivity contribution < 1.29 is 14.2 Å². The second kappa shape index (κ2) is 3.87. The molecule has 1 aromatic rings. The van der Waals surface area contributed by atoms with E-state index in [1.807, 2.05) is 0 Å². The molecule has 0 bridgehead atoms. The van der Waals surface area contributed by atoms with E-state index in [2.05, 4.69) is 15.9 Å². The summed E-state index contributed by atoms with van der Waals surface area (Å²) in [6.07, 6.45) is 0.790. The van der Waals surface area contributed by atoms with Crippen LogP contribution in [0.15, 0.2) is 16.6 Å². The molecule has 14 heavy (non-hydrogen) atoms. The molecule has 2 nitrogen and oxygen atoms in total. The predicted octanol–water partition coefficient (Wildman–Crippen LogP) is 2.79. The summed E-state index contributed by atoms with van der Waals surface area (Å²) >= 11 is 3.08. The van der Waals surface area contributed by atoms with Crippen LogP contribution in [-0.2, 0) is 0 Å². The number of hydrogen-bond acceptors (Lipinski definition) is 2. The van der Waals surface area contributed by atoms with Crippen LogP contribution in [0.1, 0.15) is 24.5 Å². The van der Waals surface area contributed by atoms with E-state index in [0.29, 0.717) is 28.8 Å². The minimum Gasteiger partial charge on any atom is -0.493 e. The first kappa shape index (κ1) is 9.93. The van der Waals surface area contributed by atoms with Crippen LogP contribution < -0.4 is 4.74 Å². The third-order valence-corrected chi connectivity index (χ3v) is 2.90. The highest BCUT2D eigenvalue weighted by Crippen LogP contribution is 2.34. The van der Waals surface area contributed by atoms with Crippen molar-refractivity contribution in [2.45, 2.75) is 18.9 Å². The topological polar surface area (TPSA) is 29.5 Å². The van der Waals surface area contributed by atoms with Crippen molar-refractivity contribution in [3.05, 3.63) is 28.0 Å². The summed E-state index contributed by atoms with van der Waals surface area (Å²) in [5, 5.41) is 9.69. The highest BCUT2D eigenvalue weighted by molar-refractivity contribution is 9.10. The number of benzene rings is 1. The zero-order chi connectivity index (χ0) is 10.1. The van der Waals surface area contributed by atoms with Crippen molar-refractivity contribution in [3.63, 3.8) is 0 Å². The van der Waals surface area contributed by atoms with Crippen LogP contribution in [0.3, 0.4) is 0 Å². The van der Waals surface area contributed by atoms with Gasteiger partial charge in [-0.1, -0.05) is 0 Å². The van der Waals surface area contributed by atoms with Crippen molar-refractivity contribution >= 4 is 15.9 Å². The van der Waals surface area contributed by atoms with Crippen LogP contribution in [0.25, 0.3) is 0 Å². The summed E-state index contributed by atoms with van der Waals surface area (Å²) in [5.41, 5.74) is 0.545. The number of fused-ring (bicyclic) bond motifs is 1. The van der Waals surface area contributed by atoms with Gasteiger partial charge in [0.15, 0.2) is 0 Å². The van der Waals surface area contributed by atoms with Gasteiger partial charge in [-0.25, -0.2) is 4.39 Å². The van der Waals surface area contributed by atoms with Gasteiger partial charge in [-0.15, -0.1) is 0 Å². The molecule has 0 unspecified atom stereocenters. The molecule has 0 saturated heterocycles. The molecular formula is C10H10BrFO2. The van der Waals surface area contributed by atoms with E-state index >= 15 is 0 Å².